The Hall–Kier alpha value is -2.01. The van der Waals surface area contributed by atoms with E-state index in [0.717, 1.165) is 11.2 Å². The molecule has 1 saturated heterocycles. The number of amides is 1. The molecule has 3 rings (SSSR count). The molecule has 1 aromatic carbocycles. The van der Waals surface area contributed by atoms with Gasteiger partial charge in [-0.05, 0) is 50.0 Å². The summed E-state index contributed by atoms with van der Waals surface area (Å²) in [5.41, 5.74) is -0.0537. The fraction of sp³-hybridized carbons (Fsp3) is 0.438. The van der Waals surface area contributed by atoms with Crippen molar-refractivity contribution in [2.24, 2.45) is 0 Å². The van der Waals surface area contributed by atoms with Gasteiger partial charge < -0.3 is 19.9 Å². The Morgan fingerprint density at radius 2 is 2.52 bits per heavy atom. The Balaban J connectivity index is 2.13. The van der Waals surface area contributed by atoms with Gasteiger partial charge in [0, 0.05) is 37.3 Å². The second kappa shape index (κ2) is 5.77. The van der Waals surface area contributed by atoms with Crippen LogP contribution in [0.25, 0.3) is 10.9 Å². The van der Waals surface area contributed by atoms with E-state index in [0.29, 0.717) is 10.9 Å². The van der Waals surface area contributed by atoms with Gasteiger partial charge in [-0.25, -0.2) is 4.79 Å². The number of H-pyrrole nitrogens is 1. The number of nitrogens with zero attached hydrogens (tertiary/aromatic N) is 1. The van der Waals surface area contributed by atoms with Gasteiger partial charge in [0.1, 0.15) is 6.61 Å². The fourth-order valence-corrected chi connectivity index (χ4v) is 2.11. The van der Waals surface area contributed by atoms with E-state index in [2.05, 4.69) is 0 Å². The van der Waals surface area contributed by atoms with E-state index >= 15 is 0 Å². The molecule has 5 nitrogen and oxygen atoms in total. The van der Waals surface area contributed by atoms with Gasteiger partial charge in [-0.2, -0.15) is 0 Å². The minimum atomic E-state index is -3.58. The maximum absolute atomic E-state index is 11.5. The average Bonchev–Trinajstić information content (AvgIpc) is 3.11. The van der Waals surface area contributed by atoms with Gasteiger partial charge in [-0.1, -0.05) is 6.07 Å². The molecule has 1 amide bonds. The lowest BCUT2D eigenvalue weighted by Gasteiger charge is -2.09. The SMILES string of the molecule is [2H]N1C(=O)OC[C@]1([2H])Cc1ccc2c(c1)c(C([2H])([2H])C([2H])([2H])N(C([2H])([2H])[2H])C([2H])([2H])[2H])cn2[2H]. The summed E-state index contributed by atoms with van der Waals surface area (Å²) in [5.74, 6) is 0. The summed E-state index contributed by atoms with van der Waals surface area (Å²) in [4.78, 5) is 11.7. The number of benzene rings is 1. The highest BCUT2D eigenvalue weighted by Gasteiger charge is 2.22. The minimum Gasteiger partial charge on any atom is -0.447 e. The number of aromatic nitrogens is 1. The molecule has 112 valence electrons. The molecule has 1 aliphatic heterocycles. The van der Waals surface area contributed by atoms with E-state index in [1.165, 1.54) is 18.2 Å². The monoisotopic (exact) mass is 300 g/mol. The van der Waals surface area contributed by atoms with Gasteiger partial charge in [0.2, 0.25) is 0 Å². The molecule has 1 aliphatic rings. The second-order valence-corrected chi connectivity index (χ2v) is 4.50. The maximum Gasteiger partial charge on any atom is 0.407 e. The van der Waals surface area contributed by atoms with Crippen LogP contribution in [0.2, 0.25) is 2.82 Å². The number of fused-ring (bicyclic) bond motifs is 1. The Kier molecular flexibility index (Phi) is 1.46. The van der Waals surface area contributed by atoms with Gasteiger partial charge in [0.25, 0.3) is 0 Å². The summed E-state index contributed by atoms with van der Waals surface area (Å²) in [6, 6.07) is 2.41. The fourth-order valence-electron chi connectivity index (χ4n) is 2.11. The molecule has 0 radical (unpaired) electrons. The summed E-state index contributed by atoms with van der Waals surface area (Å²) < 4.78 is 107. The molecule has 1 aromatic heterocycles. The highest BCUT2D eigenvalue weighted by atomic mass is 16.6. The van der Waals surface area contributed by atoms with Gasteiger partial charge in [0.05, 0.1) is 7.39 Å². The molecule has 5 heteroatoms. The molecule has 0 bridgehead atoms. The lowest BCUT2D eigenvalue weighted by Crippen LogP contribution is -2.28. The summed E-state index contributed by atoms with van der Waals surface area (Å²) in [7, 11) is 0. The summed E-state index contributed by atoms with van der Waals surface area (Å²) >= 11 is 0. The Bertz CT molecular complexity index is 1100. The first-order valence-electron chi connectivity index (χ1n) is 12.5. The number of likely N-dealkylation sites (N-methyl/N-ethyl adjacent to an activating group) is 1. The van der Waals surface area contributed by atoms with Crippen molar-refractivity contribution in [3.63, 3.8) is 0 Å². The number of alkyl carbamates (subject to hydrolysis) is 1. The topological polar surface area (TPSA) is 57.4 Å². The largest absolute Gasteiger partial charge is 0.447 e. The van der Waals surface area contributed by atoms with Crippen LogP contribution in [-0.4, -0.2) is 49.0 Å². The molecule has 1 fully saturated rings. The highest BCUT2D eigenvalue weighted by Crippen LogP contribution is 2.21. The molecule has 2 aromatic rings. The number of carbonyl (C=O) groups excluding carboxylic acids is 1. The molecule has 0 aliphatic carbocycles. The van der Waals surface area contributed by atoms with E-state index in [1.807, 2.05) is 0 Å². The molecule has 1 atom stereocenters. The minimum absolute atomic E-state index is 0.0252. The molecular weight excluding hydrogens is 266 g/mol. The van der Waals surface area contributed by atoms with Crippen molar-refractivity contribution in [3.05, 3.63) is 35.5 Å². The highest BCUT2D eigenvalue weighted by molar-refractivity contribution is 5.84. The van der Waals surface area contributed by atoms with E-state index in [4.69, 9.17) is 22.6 Å². The van der Waals surface area contributed by atoms with Crippen molar-refractivity contribution in [3.8, 4) is 0 Å². The zero-order chi connectivity index (χ0) is 26.1. The molecule has 0 unspecified atom stereocenters. The maximum atomic E-state index is 11.5. The van der Waals surface area contributed by atoms with E-state index in [9.17, 15) is 4.79 Å². The quantitative estimate of drug-likeness (QED) is 0.887. The van der Waals surface area contributed by atoms with E-state index in [1.54, 1.807) is 0 Å². The van der Waals surface area contributed by atoms with Gasteiger partial charge in [-0.3, -0.25) is 0 Å². The number of aromatic amines is 1. The normalized spacial score (nSPS) is 33.9. The molecule has 0 spiro atoms. The van der Waals surface area contributed by atoms with Crippen LogP contribution in [0.5, 0.6) is 0 Å². The molecule has 0 saturated carbocycles. The lowest BCUT2D eigenvalue weighted by atomic mass is 10.0. The van der Waals surface area contributed by atoms with Crippen LogP contribution in [0.15, 0.2) is 24.4 Å². The summed E-state index contributed by atoms with van der Waals surface area (Å²) in [6.07, 6.45) is -3.54. The smallest absolute Gasteiger partial charge is 0.407 e. The lowest BCUT2D eigenvalue weighted by molar-refractivity contribution is 0.177. The predicted molar refractivity (Wildman–Crippen MR) is 82.5 cm³/mol. The predicted octanol–water partition coefficient (Wildman–Crippen LogP) is 1.92. The zero-order valence-electron chi connectivity index (χ0n) is 23.9. The molecule has 2 N–H and O–H groups in total. The molecule has 2 heterocycles. The van der Waals surface area contributed by atoms with Crippen LogP contribution in [0.3, 0.4) is 0 Å². The number of carbonyl (C=O) groups is 1. The number of cyclic esters (lactones) is 1. The number of nitrogens with one attached hydrogen (secondary N) is 2. The standard InChI is InChI=1S/C16H21N3O2/c1-19(2)6-5-12-9-17-15-4-3-11(8-14(12)15)7-13-10-21-16(20)18-13/h3-4,8-9,13,17H,5-7,10H2,1-2H3,(H,18,20)/t13-/m0/s1/i1D3,2D3,5D2,6D2,13D/hD2. The first-order chi connectivity index (χ1) is 15.2. The van der Waals surface area contributed by atoms with E-state index in [-0.39, 0.29) is 17.3 Å². The van der Waals surface area contributed by atoms with Gasteiger partial charge >= 0.3 is 6.09 Å². The van der Waals surface area contributed by atoms with E-state index < -0.39 is 56.0 Å². The number of hydrogen-bond acceptors (Lipinski definition) is 3. The zero-order valence-corrected chi connectivity index (χ0v) is 10.9. The van der Waals surface area contributed by atoms with Crippen molar-refractivity contribution in [2.75, 3.05) is 27.1 Å². The number of aryl methyl sites for hydroxylation is 1. The van der Waals surface area contributed by atoms with Crippen LogP contribution in [0.1, 0.15) is 26.2 Å². The van der Waals surface area contributed by atoms with Crippen molar-refractivity contribution in [1.82, 2.24) is 15.2 Å². The number of ether oxygens (including phenoxy) is 1. The number of rotatable bonds is 5. The average molecular weight is 300 g/mol. The van der Waals surface area contributed by atoms with Gasteiger partial charge in [-0.15, -0.1) is 0 Å². The summed E-state index contributed by atoms with van der Waals surface area (Å²) in [6.45, 7) is -11.0. The summed E-state index contributed by atoms with van der Waals surface area (Å²) in [5, 5.41) is 0.332. The third-order valence-corrected chi connectivity index (χ3v) is 3.01. The van der Waals surface area contributed by atoms with Crippen LogP contribution >= 0.6 is 0 Å². The van der Waals surface area contributed by atoms with Crippen molar-refractivity contribution < 1.29 is 27.4 Å². The van der Waals surface area contributed by atoms with Crippen LogP contribution < -0.4 is 5.31 Å². The van der Waals surface area contributed by atoms with Crippen molar-refractivity contribution >= 4 is 17.0 Å². The van der Waals surface area contributed by atoms with Gasteiger partial charge in [0.15, 0.2) is 2.82 Å². The second-order valence-electron chi connectivity index (χ2n) is 4.50. The molecular formula is C16H21N3O2. The third kappa shape index (κ3) is 3.19. The first-order valence-corrected chi connectivity index (χ1v) is 6.13. The van der Waals surface area contributed by atoms with Crippen molar-refractivity contribution in [1.29, 1.82) is 0 Å². The Labute approximate surface area is 142 Å². The first kappa shape index (κ1) is 5.32. The number of hydrogen-bond donors (Lipinski definition) is 2. The molecule has 21 heavy (non-hydrogen) atoms. The van der Waals surface area contributed by atoms with Crippen molar-refractivity contribution in [2.45, 2.75) is 18.8 Å². The third-order valence-electron chi connectivity index (χ3n) is 3.01. The Morgan fingerprint density at radius 3 is 3.29 bits per heavy atom. The Morgan fingerprint density at radius 1 is 1.62 bits per heavy atom. The van der Waals surface area contributed by atoms with Crippen LogP contribution in [0, 0.1) is 0 Å². The van der Waals surface area contributed by atoms with Crippen LogP contribution in [-0.2, 0) is 17.5 Å². The van der Waals surface area contributed by atoms with Crippen LogP contribution in [0.4, 0.5) is 4.79 Å².